The number of piperidine rings is 2. The molecule has 5 aromatic rings. The normalized spacial score (nSPS) is 21.5. The highest BCUT2D eigenvalue weighted by molar-refractivity contribution is 6.05. The van der Waals surface area contributed by atoms with Crippen LogP contribution in [0.25, 0.3) is 11.0 Å². The number of rotatable bonds is 11. The van der Waals surface area contributed by atoms with Crippen molar-refractivity contribution in [2.75, 3.05) is 42.9 Å². The maximum absolute atomic E-state index is 13.6. The second kappa shape index (κ2) is 18.1. The summed E-state index contributed by atoms with van der Waals surface area (Å²) < 4.78 is 1.73. The SMILES string of the molecule is CC(=O)c1c(C)c2cnc(Nc3ccc(N4CCN(Cc5ccc(CN6CCC(c7ccc8c(c7)CN(C7CCC(=O)NC7=O)C8=O)CC6(C)C)cc5)CC4)cn3)nc2n(C2CCCC2)c1=O. The zero-order chi connectivity index (χ0) is 46.6. The lowest BCUT2D eigenvalue weighted by molar-refractivity contribution is -0.136. The molecule has 67 heavy (non-hydrogen) atoms. The molecule has 4 fully saturated rings. The molecule has 348 valence electrons. The van der Waals surface area contributed by atoms with Crippen LogP contribution in [0.15, 0.2) is 71.8 Å². The summed E-state index contributed by atoms with van der Waals surface area (Å²) in [5.74, 6) is 0.332. The first-order chi connectivity index (χ1) is 32.3. The Balaban J connectivity index is 0.705. The highest BCUT2D eigenvalue weighted by atomic mass is 16.2. The molecule has 15 heteroatoms. The minimum absolute atomic E-state index is 0.0146. The summed E-state index contributed by atoms with van der Waals surface area (Å²) in [6.07, 6.45) is 10.1. The van der Waals surface area contributed by atoms with Crippen molar-refractivity contribution in [2.24, 2.45) is 0 Å². The molecule has 0 spiro atoms. The first-order valence-corrected chi connectivity index (χ1v) is 24.0. The molecule has 5 aliphatic rings. The molecular weight excluding hydrogens is 845 g/mol. The number of fused-ring (bicyclic) bond motifs is 2. The number of imide groups is 1. The zero-order valence-electron chi connectivity index (χ0n) is 39.0. The molecule has 1 aliphatic carbocycles. The summed E-state index contributed by atoms with van der Waals surface area (Å²) in [7, 11) is 0. The minimum atomic E-state index is -0.601. The van der Waals surface area contributed by atoms with Crippen LogP contribution in [0.5, 0.6) is 0 Å². The molecule has 0 radical (unpaired) electrons. The van der Waals surface area contributed by atoms with Crippen LogP contribution in [0.2, 0.25) is 0 Å². The van der Waals surface area contributed by atoms with E-state index in [0.717, 1.165) is 95.6 Å². The average molecular weight is 905 g/mol. The van der Waals surface area contributed by atoms with Crippen molar-refractivity contribution in [3.63, 3.8) is 0 Å². The third-order valence-corrected chi connectivity index (χ3v) is 15.1. The first-order valence-electron chi connectivity index (χ1n) is 24.0. The Hall–Kier alpha value is -6.32. The summed E-state index contributed by atoms with van der Waals surface area (Å²) in [6.45, 7) is 14.8. The summed E-state index contributed by atoms with van der Waals surface area (Å²) in [5.41, 5.74) is 7.68. The van der Waals surface area contributed by atoms with Gasteiger partial charge in [0.05, 0.1) is 17.4 Å². The number of ketones is 1. The van der Waals surface area contributed by atoms with Crippen LogP contribution in [0.4, 0.5) is 17.5 Å². The fourth-order valence-corrected chi connectivity index (χ4v) is 11.3. The third-order valence-electron chi connectivity index (χ3n) is 15.1. The maximum atomic E-state index is 13.6. The zero-order valence-corrected chi connectivity index (χ0v) is 39.0. The fraction of sp³-hybridized carbons (Fsp3) is 0.462. The summed E-state index contributed by atoms with van der Waals surface area (Å²) in [4.78, 5) is 86.8. The van der Waals surface area contributed by atoms with E-state index in [1.54, 1.807) is 22.6 Å². The Morgan fingerprint density at radius 2 is 1.60 bits per heavy atom. The van der Waals surface area contributed by atoms with Gasteiger partial charge < -0.3 is 15.1 Å². The topological polar surface area (TPSA) is 166 Å². The fourth-order valence-electron chi connectivity index (χ4n) is 11.3. The van der Waals surface area contributed by atoms with Gasteiger partial charge in [-0.2, -0.15) is 4.98 Å². The molecule has 0 bridgehead atoms. The molecule has 3 amide bonds. The molecule has 15 nitrogen and oxygen atoms in total. The Kier molecular flexibility index (Phi) is 12.0. The highest BCUT2D eigenvalue weighted by Crippen LogP contribution is 2.40. The number of nitrogens with one attached hydrogen (secondary N) is 2. The van der Waals surface area contributed by atoms with Gasteiger partial charge in [-0.1, -0.05) is 49.2 Å². The minimum Gasteiger partial charge on any atom is -0.368 e. The highest BCUT2D eigenvalue weighted by Gasteiger charge is 2.40. The van der Waals surface area contributed by atoms with Crippen molar-refractivity contribution in [1.29, 1.82) is 0 Å². The average Bonchev–Trinajstić information content (AvgIpc) is 3.96. The van der Waals surface area contributed by atoms with E-state index in [-0.39, 0.29) is 52.6 Å². The smallest absolute Gasteiger partial charge is 0.263 e. The van der Waals surface area contributed by atoms with E-state index >= 15 is 0 Å². The molecule has 2 atom stereocenters. The number of carbonyl (C=O) groups is 4. The molecule has 2 aromatic carbocycles. The second-order valence-corrected chi connectivity index (χ2v) is 19.9. The Bertz CT molecular complexity index is 2810. The van der Waals surface area contributed by atoms with Crippen molar-refractivity contribution in [1.82, 2.24) is 39.5 Å². The number of hydrogen-bond donors (Lipinski definition) is 2. The van der Waals surface area contributed by atoms with Gasteiger partial charge in [0.25, 0.3) is 11.5 Å². The number of aromatic nitrogens is 4. The van der Waals surface area contributed by atoms with Crippen LogP contribution < -0.4 is 21.1 Å². The number of pyridine rings is 2. The van der Waals surface area contributed by atoms with E-state index in [1.807, 2.05) is 18.3 Å². The van der Waals surface area contributed by atoms with Gasteiger partial charge in [-0.15, -0.1) is 0 Å². The van der Waals surface area contributed by atoms with Crippen LogP contribution in [0.3, 0.4) is 0 Å². The monoisotopic (exact) mass is 904 g/mol. The van der Waals surface area contributed by atoms with E-state index in [2.05, 4.69) is 86.6 Å². The number of aryl methyl sites for hydroxylation is 1. The lowest BCUT2D eigenvalue weighted by Gasteiger charge is -2.46. The van der Waals surface area contributed by atoms with E-state index in [1.165, 1.54) is 23.6 Å². The molecule has 3 aromatic heterocycles. The summed E-state index contributed by atoms with van der Waals surface area (Å²) in [6, 6.07) is 18.8. The van der Waals surface area contributed by atoms with Crippen molar-refractivity contribution in [3.8, 4) is 0 Å². The number of hydrogen-bond acceptors (Lipinski definition) is 12. The van der Waals surface area contributed by atoms with Crippen molar-refractivity contribution in [2.45, 2.75) is 122 Å². The van der Waals surface area contributed by atoms with Gasteiger partial charge in [-0.25, -0.2) is 9.97 Å². The molecule has 1 saturated carbocycles. The lowest BCUT2D eigenvalue weighted by Crippen LogP contribution is -2.52. The lowest BCUT2D eigenvalue weighted by atomic mass is 9.78. The summed E-state index contributed by atoms with van der Waals surface area (Å²) >= 11 is 0. The summed E-state index contributed by atoms with van der Waals surface area (Å²) in [5, 5.41) is 6.35. The number of anilines is 3. The molecule has 2 N–H and O–H groups in total. The van der Waals surface area contributed by atoms with Crippen LogP contribution in [-0.4, -0.2) is 102 Å². The van der Waals surface area contributed by atoms with E-state index in [4.69, 9.17) is 9.97 Å². The Morgan fingerprint density at radius 1 is 0.851 bits per heavy atom. The largest absolute Gasteiger partial charge is 0.368 e. The van der Waals surface area contributed by atoms with Crippen molar-refractivity contribution >= 4 is 52.0 Å². The van der Waals surface area contributed by atoms with Gasteiger partial charge in [-0.3, -0.25) is 43.7 Å². The van der Waals surface area contributed by atoms with Crippen LogP contribution in [0, 0.1) is 6.92 Å². The molecule has 7 heterocycles. The number of Topliss-reactive ketones (excluding diaryl/α,β-unsaturated/α-hetero) is 1. The van der Waals surface area contributed by atoms with Crippen molar-refractivity contribution < 1.29 is 19.2 Å². The third kappa shape index (κ3) is 8.86. The number of piperazine rings is 1. The van der Waals surface area contributed by atoms with Gasteiger partial charge in [-0.05, 0) is 118 Å². The molecule has 3 saturated heterocycles. The number of nitrogens with zero attached hydrogens (tertiary/aromatic N) is 8. The van der Waals surface area contributed by atoms with Crippen LogP contribution in [0.1, 0.15) is 133 Å². The van der Waals surface area contributed by atoms with Gasteiger partial charge in [0.1, 0.15) is 17.5 Å². The van der Waals surface area contributed by atoms with Gasteiger partial charge >= 0.3 is 0 Å². The number of benzene rings is 2. The maximum Gasteiger partial charge on any atom is 0.263 e. The number of amides is 3. The molecule has 10 rings (SSSR count). The van der Waals surface area contributed by atoms with Crippen molar-refractivity contribution in [3.05, 3.63) is 116 Å². The first kappa shape index (κ1) is 44.5. The Labute approximate surface area is 391 Å². The Morgan fingerprint density at radius 3 is 2.28 bits per heavy atom. The predicted octanol–water partition coefficient (Wildman–Crippen LogP) is 6.80. The standard InChI is InChI=1S/C52H60N10O5/c1-32-42-28-54-51(57-47(42)62(39-7-5-6-8-39)50(67)46(32)33(2)63)55-44-17-14-40(27-53-44)59-23-21-58(22-24-59)29-34-9-11-35(12-10-34)30-60-20-19-37(26-52(60,3)4)36-13-15-41-38(25-36)31-61(49(41)66)43-16-18-45(64)56-48(43)65/h9-15,17,25,27-28,37,39,43H,5-8,16,18-24,26,29-31H2,1-4H3,(H,56,64,65)(H,53,54,55,57). The van der Waals surface area contributed by atoms with Crippen LogP contribution >= 0.6 is 0 Å². The molecule has 4 aliphatic heterocycles. The van der Waals surface area contributed by atoms with E-state index in [0.29, 0.717) is 52.8 Å². The van der Waals surface area contributed by atoms with E-state index < -0.39 is 6.04 Å². The molecular formula is C52H60N10O5. The number of likely N-dealkylation sites (tertiary alicyclic amines) is 1. The van der Waals surface area contributed by atoms with E-state index in [9.17, 15) is 24.0 Å². The number of carbonyl (C=O) groups excluding carboxylic acids is 4. The van der Waals surface area contributed by atoms with Gasteiger partial charge in [0.15, 0.2) is 5.78 Å². The quantitative estimate of drug-likeness (QED) is 0.105. The molecule has 2 unspecified atom stereocenters. The second-order valence-electron chi connectivity index (χ2n) is 19.9. The van der Waals surface area contributed by atoms with Crippen LogP contribution in [-0.2, 0) is 29.2 Å². The predicted molar refractivity (Wildman–Crippen MR) is 256 cm³/mol. The van der Waals surface area contributed by atoms with Gasteiger partial charge in [0, 0.05) is 81.0 Å². The van der Waals surface area contributed by atoms with Gasteiger partial charge in [0.2, 0.25) is 17.8 Å².